The zero-order chi connectivity index (χ0) is 17.8. The first-order valence-electron chi connectivity index (χ1n) is 9.22. The number of hydrogen-bond acceptors (Lipinski definition) is 1. The van der Waals surface area contributed by atoms with Crippen molar-refractivity contribution < 1.29 is 14.3 Å². The number of carboxylic acid groups (broad SMARTS) is 1. The maximum atomic E-state index is 13.3. The normalized spacial score (nSPS) is 20.4. The molecule has 1 aliphatic carbocycles. The Morgan fingerprint density at radius 3 is 2.36 bits per heavy atom. The van der Waals surface area contributed by atoms with Gasteiger partial charge in [0.1, 0.15) is 5.82 Å². The summed E-state index contributed by atoms with van der Waals surface area (Å²) in [5.41, 5.74) is 3.13. The Morgan fingerprint density at radius 2 is 1.76 bits per heavy atom. The fourth-order valence-electron chi connectivity index (χ4n) is 4.22. The van der Waals surface area contributed by atoms with E-state index >= 15 is 0 Å². The van der Waals surface area contributed by atoms with E-state index in [-0.39, 0.29) is 11.7 Å². The van der Waals surface area contributed by atoms with Crippen molar-refractivity contribution in [3.05, 3.63) is 59.4 Å². The van der Waals surface area contributed by atoms with Gasteiger partial charge >= 0.3 is 5.97 Å². The van der Waals surface area contributed by atoms with E-state index in [4.69, 9.17) is 0 Å². The molecule has 0 atom stereocenters. The molecule has 2 nitrogen and oxygen atoms in total. The molecular formula is C22H25FO2. The van der Waals surface area contributed by atoms with Gasteiger partial charge in [-0.2, -0.15) is 0 Å². The number of hydrogen-bond donors (Lipinski definition) is 1. The first-order valence-corrected chi connectivity index (χ1v) is 9.22. The van der Waals surface area contributed by atoms with Crippen molar-refractivity contribution in [3.63, 3.8) is 0 Å². The number of carbonyl (C=O) groups is 1. The fraction of sp³-hybridized carbons (Fsp3) is 0.409. The second-order valence-electron chi connectivity index (χ2n) is 7.09. The van der Waals surface area contributed by atoms with Crippen LogP contribution >= 0.6 is 0 Å². The van der Waals surface area contributed by atoms with Crippen LogP contribution in [0.1, 0.15) is 67.3 Å². The summed E-state index contributed by atoms with van der Waals surface area (Å²) in [6.45, 7) is 2.22. The Labute approximate surface area is 148 Å². The molecule has 1 N–H and O–H groups in total. The van der Waals surface area contributed by atoms with E-state index in [1.165, 1.54) is 25.0 Å². The van der Waals surface area contributed by atoms with Crippen LogP contribution in [0.25, 0.3) is 11.1 Å². The minimum Gasteiger partial charge on any atom is -0.478 e. The monoisotopic (exact) mass is 340 g/mol. The predicted molar refractivity (Wildman–Crippen MR) is 98.4 cm³/mol. The van der Waals surface area contributed by atoms with Crippen LogP contribution in [0.2, 0.25) is 0 Å². The first-order chi connectivity index (χ1) is 12.1. The van der Waals surface area contributed by atoms with E-state index in [0.29, 0.717) is 5.56 Å². The number of halogens is 1. The average Bonchev–Trinajstić information content (AvgIpc) is 2.63. The third kappa shape index (κ3) is 3.92. The number of benzene rings is 2. The van der Waals surface area contributed by atoms with Crippen LogP contribution < -0.4 is 0 Å². The minimum atomic E-state index is -0.880. The van der Waals surface area contributed by atoms with Gasteiger partial charge in [-0.1, -0.05) is 44.0 Å². The molecule has 132 valence electrons. The zero-order valence-corrected chi connectivity index (χ0v) is 14.7. The molecule has 3 rings (SSSR count). The molecule has 0 bridgehead atoms. The molecule has 0 aliphatic heterocycles. The lowest BCUT2D eigenvalue weighted by atomic mass is 9.74. The Balaban J connectivity index is 1.98. The smallest absolute Gasteiger partial charge is 0.335 e. The molecule has 0 heterocycles. The second-order valence-corrected chi connectivity index (χ2v) is 7.09. The highest BCUT2D eigenvalue weighted by Gasteiger charge is 2.27. The second kappa shape index (κ2) is 7.81. The largest absolute Gasteiger partial charge is 0.478 e. The summed E-state index contributed by atoms with van der Waals surface area (Å²) in [6, 6.07) is 11.8. The van der Waals surface area contributed by atoms with Crippen molar-refractivity contribution in [3.8, 4) is 11.1 Å². The van der Waals surface area contributed by atoms with Crippen molar-refractivity contribution in [1.29, 1.82) is 0 Å². The van der Waals surface area contributed by atoms with Gasteiger partial charge < -0.3 is 5.11 Å². The molecule has 2 aromatic rings. The van der Waals surface area contributed by atoms with Crippen LogP contribution in [0.4, 0.5) is 4.39 Å². The topological polar surface area (TPSA) is 37.3 Å². The van der Waals surface area contributed by atoms with Crippen molar-refractivity contribution in [2.75, 3.05) is 0 Å². The Kier molecular flexibility index (Phi) is 5.52. The van der Waals surface area contributed by atoms with Crippen LogP contribution in [-0.2, 0) is 0 Å². The third-order valence-corrected chi connectivity index (χ3v) is 5.44. The van der Waals surface area contributed by atoms with E-state index < -0.39 is 5.97 Å². The molecule has 0 saturated heterocycles. The van der Waals surface area contributed by atoms with E-state index in [2.05, 4.69) is 6.92 Å². The van der Waals surface area contributed by atoms with Gasteiger partial charge in [-0.25, -0.2) is 9.18 Å². The highest BCUT2D eigenvalue weighted by atomic mass is 19.1. The molecule has 1 aliphatic rings. The highest BCUT2D eigenvalue weighted by Crippen LogP contribution is 2.42. The maximum absolute atomic E-state index is 13.3. The lowest BCUT2D eigenvalue weighted by molar-refractivity contribution is 0.0694. The van der Waals surface area contributed by atoms with Gasteiger partial charge in [0.2, 0.25) is 0 Å². The molecule has 1 saturated carbocycles. The predicted octanol–water partition coefficient (Wildman–Crippen LogP) is 6.26. The standard InChI is InChI=1S/C22H25FO2/c1-2-4-15-7-9-17(10-8-15)21-19(5-3-6-20(21)22(24)25)16-11-13-18(23)14-12-16/h3,5-6,11-15,17H,2,4,7-10H2,1H3,(H,24,25)/t15-,17-. The van der Waals surface area contributed by atoms with Crippen LogP contribution in [0.3, 0.4) is 0 Å². The van der Waals surface area contributed by atoms with Crippen molar-refractivity contribution in [2.45, 2.75) is 51.4 Å². The molecule has 25 heavy (non-hydrogen) atoms. The van der Waals surface area contributed by atoms with Crippen LogP contribution in [-0.4, -0.2) is 11.1 Å². The summed E-state index contributed by atoms with van der Waals surface area (Å²) in [5, 5.41) is 9.69. The molecule has 0 unspecified atom stereocenters. The van der Waals surface area contributed by atoms with E-state index in [9.17, 15) is 14.3 Å². The van der Waals surface area contributed by atoms with Gasteiger partial charge in [0.15, 0.2) is 0 Å². The van der Waals surface area contributed by atoms with Gasteiger partial charge in [0.25, 0.3) is 0 Å². The van der Waals surface area contributed by atoms with Crippen molar-refractivity contribution in [2.24, 2.45) is 5.92 Å². The lowest BCUT2D eigenvalue weighted by Crippen LogP contribution is -2.16. The summed E-state index contributed by atoms with van der Waals surface area (Å²) in [4.78, 5) is 11.8. The van der Waals surface area contributed by atoms with E-state index in [1.807, 2.05) is 6.07 Å². The van der Waals surface area contributed by atoms with Crippen LogP contribution in [0.15, 0.2) is 42.5 Å². The molecular weight excluding hydrogens is 315 g/mol. The van der Waals surface area contributed by atoms with Gasteiger partial charge in [-0.05, 0) is 72.4 Å². The SMILES string of the molecule is CCC[C@H]1CC[C@H](c2c(C(=O)O)cccc2-c2ccc(F)cc2)CC1. The summed E-state index contributed by atoms with van der Waals surface area (Å²) < 4.78 is 13.3. The van der Waals surface area contributed by atoms with Crippen molar-refractivity contribution >= 4 is 5.97 Å². The van der Waals surface area contributed by atoms with Gasteiger partial charge in [-0.15, -0.1) is 0 Å². The number of carboxylic acids is 1. The summed E-state index contributed by atoms with van der Waals surface area (Å²) >= 11 is 0. The minimum absolute atomic E-state index is 0.264. The van der Waals surface area contributed by atoms with Gasteiger partial charge in [0, 0.05) is 0 Å². The van der Waals surface area contributed by atoms with Crippen molar-refractivity contribution in [1.82, 2.24) is 0 Å². The molecule has 0 radical (unpaired) electrons. The Morgan fingerprint density at radius 1 is 1.08 bits per heavy atom. The number of aromatic carboxylic acids is 1. The van der Waals surface area contributed by atoms with Crippen LogP contribution in [0, 0.1) is 11.7 Å². The fourth-order valence-corrected chi connectivity index (χ4v) is 4.22. The number of rotatable bonds is 5. The molecule has 3 heteroatoms. The molecule has 0 aromatic heterocycles. The van der Waals surface area contributed by atoms with Gasteiger partial charge in [-0.3, -0.25) is 0 Å². The Hall–Kier alpha value is -2.16. The Bertz CT molecular complexity index is 728. The maximum Gasteiger partial charge on any atom is 0.335 e. The summed E-state index contributed by atoms with van der Waals surface area (Å²) in [6.07, 6.45) is 6.86. The molecule has 1 fully saturated rings. The molecule has 0 amide bonds. The first kappa shape index (κ1) is 17.7. The zero-order valence-electron chi connectivity index (χ0n) is 14.7. The average molecular weight is 340 g/mol. The lowest BCUT2D eigenvalue weighted by Gasteiger charge is -2.31. The highest BCUT2D eigenvalue weighted by molar-refractivity contribution is 5.92. The molecule has 0 spiro atoms. The third-order valence-electron chi connectivity index (χ3n) is 5.44. The van der Waals surface area contributed by atoms with Crippen LogP contribution in [0.5, 0.6) is 0 Å². The summed E-state index contributed by atoms with van der Waals surface area (Å²) in [7, 11) is 0. The molecule has 2 aromatic carbocycles. The van der Waals surface area contributed by atoms with E-state index in [0.717, 1.165) is 48.3 Å². The van der Waals surface area contributed by atoms with E-state index in [1.54, 1.807) is 24.3 Å². The van der Waals surface area contributed by atoms with Gasteiger partial charge in [0.05, 0.1) is 5.56 Å². The quantitative estimate of drug-likeness (QED) is 0.697. The summed E-state index contributed by atoms with van der Waals surface area (Å²) in [5.74, 6) is -0.123.